The number of anilines is 1. The van der Waals surface area contributed by atoms with Crippen LogP contribution < -0.4 is 9.64 Å². The Balaban J connectivity index is 2.01. The number of fused-ring (bicyclic) bond motifs is 1. The summed E-state index contributed by atoms with van der Waals surface area (Å²) >= 11 is 3.29. The molecule has 0 saturated carbocycles. The van der Waals surface area contributed by atoms with Crippen LogP contribution in [0.4, 0.5) is 5.82 Å². The quantitative estimate of drug-likeness (QED) is 0.786. The van der Waals surface area contributed by atoms with Gasteiger partial charge in [0.2, 0.25) is 0 Å². The van der Waals surface area contributed by atoms with E-state index in [9.17, 15) is 4.79 Å². The lowest BCUT2D eigenvalue weighted by molar-refractivity contribution is -0.121. The molecule has 0 spiro atoms. The maximum absolute atomic E-state index is 12.1. The van der Waals surface area contributed by atoms with E-state index in [0.717, 1.165) is 5.56 Å². The van der Waals surface area contributed by atoms with Crippen molar-refractivity contribution in [2.24, 2.45) is 0 Å². The number of carbonyl (C=O) groups excluding carboxylic acids is 1. The molecule has 0 bridgehead atoms. The average Bonchev–Trinajstić information content (AvgIpc) is 2.50. The van der Waals surface area contributed by atoms with E-state index in [2.05, 4.69) is 27.0 Å². The van der Waals surface area contributed by atoms with Crippen LogP contribution in [0.25, 0.3) is 0 Å². The first-order valence-electron chi connectivity index (χ1n) is 6.27. The minimum absolute atomic E-state index is 0.0228. The number of benzene rings is 1. The molecule has 0 radical (unpaired) electrons. The third-order valence-corrected chi connectivity index (χ3v) is 3.62. The highest BCUT2D eigenvalue weighted by molar-refractivity contribution is 9.10. The van der Waals surface area contributed by atoms with E-state index in [-0.39, 0.29) is 12.5 Å². The molecule has 0 N–H and O–H groups in total. The van der Waals surface area contributed by atoms with E-state index in [1.165, 1.54) is 0 Å². The highest BCUT2D eigenvalue weighted by Crippen LogP contribution is 2.32. The first-order chi connectivity index (χ1) is 10.2. The van der Waals surface area contributed by atoms with Crippen LogP contribution in [0.3, 0.4) is 0 Å². The Kier molecular flexibility index (Phi) is 3.59. The van der Waals surface area contributed by atoms with Crippen molar-refractivity contribution in [2.75, 3.05) is 11.5 Å². The third kappa shape index (κ3) is 2.60. The van der Waals surface area contributed by atoms with E-state index in [0.29, 0.717) is 28.3 Å². The van der Waals surface area contributed by atoms with Crippen molar-refractivity contribution >= 4 is 27.7 Å². The van der Waals surface area contributed by atoms with Crippen molar-refractivity contribution in [3.63, 3.8) is 0 Å². The normalized spacial score (nSPS) is 13.3. The van der Waals surface area contributed by atoms with Crippen molar-refractivity contribution in [2.45, 2.75) is 6.54 Å². The monoisotopic (exact) mass is 343 g/mol. The summed E-state index contributed by atoms with van der Waals surface area (Å²) in [6, 6.07) is 12.9. The molecular weight excluding hydrogens is 334 g/mol. The lowest BCUT2D eigenvalue weighted by Crippen LogP contribution is -2.39. The number of nitriles is 1. The molecule has 0 atom stereocenters. The second kappa shape index (κ2) is 5.54. The number of rotatable bonds is 2. The number of hydrogen-bond acceptors (Lipinski definition) is 4. The summed E-state index contributed by atoms with van der Waals surface area (Å²) in [5, 5.41) is 9.15. The predicted octanol–water partition coefficient (Wildman–Crippen LogP) is 2.64. The topological polar surface area (TPSA) is 66.2 Å². The second-order valence-electron chi connectivity index (χ2n) is 4.49. The van der Waals surface area contributed by atoms with E-state index in [1.807, 2.05) is 12.1 Å². The van der Waals surface area contributed by atoms with E-state index in [1.54, 1.807) is 29.2 Å². The average molecular weight is 344 g/mol. The Hall–Kier alpha value is -2.39. The van der Waals surface area contributed by atoms with Crippen LogP contribution in [-0.2, 0) is 11.3 Å². The van der Waals surface area contributed by atoms with E-state index < -0.39 is 0 Å². The Morgan fingerprint density at radius 3 is 2.95 bits per heavy atom. The molecule has 5 nitrogen and oxygen atoms in total. The van der Waals surface area contributed by atoms with Gasteiger partial charge in [0.1, 0.15) is 4.60 Å². The van der Waals surface area contributed by atoms with Gasteiger partial charge in [-0.3, -0.25) is 9.69 Å². The number of carbonyl (C=O) groups is 1. The minimum Gasteiger partial charge on any atom is -0.480 e. The molecule has 0 saturated heterocycles. The number of pyridine rings is 1. The Labute approximate surface area is 129 Å². The fourth-order valence-corrected chi connectivity index (χ4v) is 2.45. The summed E-state index contributed by atoms with van der Waals surface area (Å²) in [6.07, 6.45) is 0. The van der Waals surface area contributed by atoms with Gasteiger partial charge in [-0.05, 0) is 39.7 Å². The predicted molar refractivity (Wildman–Crippen MR) is 79.8 cm³/mol. The molecule has 1 amide bonds. The lowest BCUT2D eigenvalue weighted by Gasteiger charge is -2.28. The fourth-order valence-electron chi connectivity index (χ4n) is 2.15. The first kappa shape index (κ1) is 13.6. The van der Waals surface area contributed by atoms with Gasteiger partial charge in [0.25, 0.3) is 5.91 Å². The third-order valence-electron chi connectivity index (χ3n) is 3.18. The summed E-state index contributed by atoms with van der Waals surface area (Å²) in [6.45, 7) is 0.271. The summed E-state index contributed by atoms with van der Waals surface area (Å²) < 4.78 is 6.00. The van der Waals surface area contributed by atoms with Crippen molar-refractivity contribution in [1.29, 1.82) is 5.26 Å². The fraction of sp³-hybridized carbons (Fsp3) is 0.133. The van der Waals surface area contributed by atoms with Gasteiger partial charge in [0.15, 0.2) is 18.2 Å². The highest BCUT2D eigenvalue weighted by atomic mass is 79.9. The van der Waals surface area contributed by atoms with Crippen LogP contribution in [-0.4, -0.2) is 17.5 Å². The van der Waals surface area contributed by atoms with E-state index >= 15 is 0 Å². The summed E-state index contributed by atoms with van der Waals surface area (Å²) in [4.78, 5) is 18.0. The van der Waals surface area contributed by atoms with Gasteiger partial charge in [-0.2, -0.15) is 5.26 Å². The highest BCUT2D eigenvalue weighted by Gasteiger charge is 2.27. The van der Waals surface area contributed by atoms with Crippen molar-refractivity contribution in [3.05, 3.63) is 52.1 Å². The maximum Gasteiger partial charge on any atom is 0.266 e. The van der Waals surface area contributed by atoms with E-state index in [4.69, 9.17) is 10.00 Å². The molecule has 0 unspecified atom stereocenters. The number of amides is 1. The Morgan fingerprint density at radius 2 is 2.14 bits per heavy atom. The lowest BCUT2D eigenvalue weighted by atomic mass is 10.1. The van der Waals surface area contributed by atoms with Gasteiger partial charge in [-0.15, -0.1) is 0 Å². The minimum atomic E-state index is -0.180. The molecule has 1 aliphatic rings. The van der Waals surface area contributed by atoms with Crippen LogP contribution in [0.15, 0.2) is 41.0 Å². The largest absolute Gasteiger partial charge is 0.480 e. The van der Waals surface area contributed by atoms with Gasteiger partial charge < -0.3 is 4.74 Å². The SMILES string of the molecule is N#Cc1ccccc1CN1C(=O)COc2ccc(Br)nc21. The second-order valence-corrected chi connectivity index (χ2v) is 5.31. The molecule has 2 heterocycles. The molecular formula is C15H10BrN3O2. The van der Waals surface area contributed by atoms with Crippen LogP contribution in [0.1, 0.15) is 11.1 Å². The van der Waals surface area contributed by atoms with Crippen molar-refractivity contribution in [1.82, 2.24) is 4.98 Å². The van der Waals surface area contributed by atoms with Gasteiger partial charge in [0.05, 0.1) is 18.2 Å². The zero-order valence-corrected chi connectivity index (χ0v) is 12.5. The molecule has 1 aromatic carbocycles. The first-order valence-corrected chi connectivity index (χ1v) is 7.06. The molecule has 2 aromatic rings. The van der Waals surface area contributed by atoms with Gasteiger partial charge in [0, 0.05) is 0 Å². The number of ether oxygens (including phenoxy) is 1. The zero-order chi connectivity index (χ0) is 14.8. The van der Waals surface area contributed by atoms with Crippen LogP contribution >= 0.6 is 15.9 Å². The smallest absolute Gasteiger partial charge is 0.266 e. The molecule has 104 valence electrons. The number of halogens is 1. The standard InChI is InChI=1S/C15H10BrN3O2/c16-13-6-5-12-15(18-13)19(14(20)9-21-12)8-11-4-2-1-3-10(11)7-17/h1-6H,8-9H2. The Morgan fingerprint density at radius 1 is 1.33 bits per heavy atom. The zero-order valence-electron chi connectivity index (χ0n) is 10.9. The molecule has 1 aromatic heterocycles. The van der Waals surface area contributed by atoms with Crippen LogP contribution in [0.5, 0.6) is 5.75 Å². The summed E-state index contributed by atoms with van der Waals surface area (Å²) in [5.74, 6) is 0.849. The number of hydrogen-bond donors (Lipinski definition) is 0. The molecule has 1 aliphatic heterocycles. The van der Waals surface area contributed by atoms with Crippen LogP contribution in [0.2, 0.25) is 0 Å². The molecule has 21 heavy (non-hydrogen) atoms. The number of aromatic nitrogens is 1. The van der Waals surface area contributed by atoms with Gasteiger partial charge in [-0.1, -0.05) is 18.2 Å². The maximum atomic E-state index is 12.1. The Bertz CT molecular complexity index is 755. The van der Waals surface area contributed by atoms with Crippen LogP contribution in [0, 0.1) is 11.3 Å². The summed E-state index contributed by atoms with van der Waals surface area (Å²) in [5.41, 5.74) is 1.33. The van der Waals surface area contributed by atoms with Crippen molar-refractivity contribution in [3.8, 4) is 11.8 Å². The molecule has 3 rings (SSSR count). The molecule has 0 fully saturated rings. The molecule has 0 aliphatic carbocycles. The van der Waals surface area contributed by atoms with Gasteiger partial charge in [-0.25, -0.2) is 4.98 Å². The van der Waals surface area contributed by atoms with Crippen molar-refractivity contribution < 1.29 is 9.53 Å². The summed E-state index contributed by atoms with van der Waals surface area (Å²) in [7, 11) is 0. The van der Waals surface area contributed by atoms with Gasteiger partial charge >= 0.3 is 0 Å². The number of nitrogens with zero attached hydrogens (tertiary/aromatic N) is 3. The molecule has 6 heteroatoms.